The summed E-state index contributed by atoms with van der Waals surface area (Å²) >= 11 is 3.35. The number of halogens is 1. The maximum atomic E-state index is 11.7. The normalized spacial score (nSPS) is 11.4. The Bertz CT molecular complexity index is 833. The Labute approximate surface area is 142 Å². The fourth-order valence-corrected chi connectivity index (χ4v) is 2.60. The first-order valence-corrected chi connectivity index (χ1v) is 8.65. The van der Waals surface area contributed by atoms with Gasteiger partial charge in [0.05, 0.1) is 4.90 Å². The Balaban J connectivity index is 1.92. The largest absolute Gasteiger partial charge is 0.323 e. The second-order valence-electron chi connectivity index (χ2n) is 4.49. The standard InChI is InChI=1S/C15H13BrN2O4S/c16-12-3-1-2-11(10-12)8-9-17-15(19)18-13-4-6-14(7-5-13)23(20,21)22/h1-10H,(H2,17,18,19)(H,20,21,22)/b9-8+. The molecular formula is C15H13BrN2O4S. The summed E-state index contributed by atoms with van der Waals surface area (Å²) in [6.07, 6.45) is 3.22. The van der Waals surface area contributed by atoms with Gasteiger partial charge in [-0.15, -0.1) is 0 Å². The number of hydrogen-bond acceptors (Lipinski definition) is 3. The lowest BCUT2D eigenvalue weighted by molar-refractivity contribution is 0.255. The average molecular weight is 397 g/mol. The topological polar surface area (TPSA) is 95.5 Å². The molecule has 0 saturated heterocycles. The Morgan fingerprint density at radius 2 is 1.83 bits per heavy atom. The molecule has 0 heterocycles. The molecule has 0 aliphatic rings. The molecule has 0 bridgehead atoms. The first-order valence-electron chi connectivity index (χ1n) is 6.42. The zero-order valence-corrected chi connectivity index (χ0v) is 14.1. The summed E-state index contributed by atoms with van der Waals surface area (Å²) in [5.74, 6) is 0. The minimum atomic E-state index is -4.24. The van der Waals surface area contributed by atoms with Gasteiger partial charge in [0.15, 0.2) is 0 Å². The van der Waals surface area contributed by atoms with Crippen LogP contribution < -0.4 is 10.6 Å². The molecule has 0 saturated carbocycles. The number of anilines is 1. The van der Waals surface area contributed by atoms with Gasteiger partial charge < -0.3 is 10.6 Å². The predicted octanol–water partition coefficient (Wildman–Crippen LogP) is 3.49. The first-order chi connectivity index (χ1) is 10.8. The van der Waals surface area contributed by atoms with Crippen LogP contribution in [0.15, 0.2) is 64.1 Å². The summed E-state index contributed by atoms with van der Waals surface area (Å²) in [4.78, 5) is 11.5. The van der Waals surface area contributed by atoms with Crippen molar-refractivity contribution in [2.24, 2.45) is 0 Å². The number of nitrogens with one attached hydrogen (secondary N) is 2. The second-order valence-corrected chi connectivity index (χ2v) is 6.82. The molecule has 2 aromatic rings. The van der Waals surface area contributed by atoms with Gasteiger partial charge in [-0.05, 0) is 48.0 Å². The lowest BCUT2D eigenvalue weighted by atomic mass is 10.2. The van der Waals surface area contributed by atoms with Crippen LogP contribution in [0.5, 0.6) is 0 Å². The van der Waals surface area contributed by atoms with Crippen molar-refractivity contribution in [1.82, 2.24) is 5.32 Å². The Hall–Kier alpha value is -2.16. The van der Waals surface area contributed by atoms with Crippen molar-refractivity contribution in [3.05, 3.63) is 64.8 Å². The third-order valence-electron chi connectivity index (χ3n) is 2.75. The minimum absolute atomic E-state index is 0.238. The molecular weight excluding hydrogens is 384 g/mol. The molecule has 0 radical (unpaired) electrons. The van der Waals surface area contributed by atoms with Gasteiger partial charge in [-0.25, -0.2) is 4.79 Å². The summed E-state index contributed by atoms with van der Waals surface area (Å²) in [5, 5.41) is 5.06. The van der Waals surface area contributed by atoms with Crippen molar-refractivity contribution in [2.75, 3.05) is 5.32 Å². The smallest absolute Gasteiger partial charge is 0.314 e. The summed E-state index contributed by atoms with van der Waals surface area (Å²) in [6, 6.07) is 12.2. The molecule has 0 spiro atoms. The van der Waals surface area contributed by atoms with Crippen molar-refractivity contribution in [2.45, 2.75) is 4.90 Å². The Morgan fingerprint density at radius 3 is 2.43 bits per heavy atom. The predicted molar refractivity (Wildman–Crippen MR) is 91.6 cm³/mol. The van der Waals surface area contributed by atoms with E-state index in [1.165, 1.54) is 30.5 Å². The highest BCUT2D eigenvalue weighted by Crippen LogP contribution is 2.14. The van der Waals surface area contributed by atoms with Gasteiger partial charge >= 0.3 is 6.03 Å². The van der Waals surface area contributed by atoms with Crippen LogP contribution in [-0.4, -0.2) is 19.0 Å². The van der Waals surface area contributed by atoms with Crippen LogP contribution in [0, 0.1) is 0 Å². The van der Waals surface area contributed by atoms with E-state index in [1.807, 2.05) is 24.3 Å². The van der Waals surface area contributed by atoms with Gasteiger partial charge in [-0.3, -0.25) is 4.55 Å². The van der Waals surface area contributed by atoms with E-state index in [0.717, 1.165) is 10.0 Å². The van der Waals surface area contributed by atoms with Crippen LogP contribution in [0.25, 0.3) is 6.08 Å². The highest BCUT2D eigenvalue weighted by Gasteiger charge is 2.08. The van der Waals surface area contributed by atoms with Crippen molar-refractivity contribution in [3.63, 3.8) is 0 Å². The van der Waals surface area contributed by atoms with Crippen molar-refractivity contribution < 1.29 is 17.8 Å². The number of carbonyl (C=O) groups excluding carboxylic acids is 1. The number of hydrogen-bond donors (Lipinski definition) is 3. The molecule has 2 aromatic carbocycles. The van der Waals surface area contributed by atoms with Crippen LogP contribution in [0.4, 0.5) is 10.5 Å². The van der Waals surface area contributed by atoms with Gasteiger partial charge in [-0.2, -0.15) is 8.42 Å². The number of carbonyl (C=O) groups is 1. The Kier molecular flexibility index (Phi) is 5.54. The van der Waals surface area contributed by atoms with Gasteiger partial charge in [0.2, 0.25) is 0 Å². The van der Waals surface area contributed by atoms with Crippen molar-refractivity contribution in [1.29, 1.82) is 0 Å². The van der Waals surface area contributed by atoms with E-state index in [2.05, 4.69) is 26.6 Å². The quantitative estimate of drug-likeness (QED) is 0.689. The fraction of sp³-hybridized carbons (Fsp3) is 0. The number of amides is 2. The molecule has 0 aliphatic carbocycles. The van der Waals surface area contributed by atoms with E-state index in [1.54, 1.807) is 6.08 Å². The molecule has 23 heavy (non-hydrogen) atoms. The van der Waals surface area contributed by atoms with Crippen LogP contribution in [0.3, 0.4) is 0 Å². The molecule has 2 amide bonds. The number of benzene rings is 2. The van der Waals surface area contributed by atoms with E-state index in [0.29, 0.717) is 5.69 Å². The second kappa shape index (κ2) is 7.40. The fourth-order valence-electron chi connectivity index (χ4n) is 1.70. The van der Waals surface area contributed by atoms with Gasteiger partial charge in [0.25, 0.3) is 10.1 Å². The summed E-state index contributed by atoms with van der Waals surface area (Å²) in [6.45, 7) is 0. The third-order valence-corrected chi connectivity index (χ3v) is 4.11. The van der Waals surface area contributed by atoms with E-state index in [9.17, 15) is 13.2 Å². The van der Waals surface area contributed by atoms with E-state index >= 15 is 0 Å². The number of urea groups is 1. The molecule has 0 aromatic heterocycles. The van der Waals surface area contributed by atoms with Crippen molar-refractivity contribution >= 4 is 43.8 Å². The van der Waals surface area contributed by atoms with Crippen LogP contribution in [0.2, 0.25) is 0 Å². The van der Waals surface area contributed by atoms with Crippen LogP contribution in [0.1, 0.15) is 5.56 Å². The molecule has 8 heteroatoms. The van der Waals surface area contributed by atoms with Crippen LogP contribution >= 0.6 is 15.9 Å². The van der Waals surface area contributed by atoms with Gasteiger partial charge in [0, 0.05) is 16.4 Å². The van der Waals surface area contributed by atoms with Gasteiger partial charge in [0.1, 0.15) is 0 Å². The lowest BCUT2D eigenvalue weighted by Gasteiger charge is -2.05. The highest BCUT2D eigenvalue weighted by atomic mass is 79.9. The molecule has 2 rings (SSSR count). The summed E-state index contributed by atoms with van der Waals surface area (Å²) < 4.78 is 31.6. The SMILES string of the molecule is O=C(N/C=C/c1cccc(Br)c1)Nc1ccc(S(=O)(=O)O)cc1. The average Bonchev–Trinajstić information content (AvgIpc) is 2.47. The van der Waals surface area contributed by atoms with Crippen molar-refractivity contribution in [3.8, 4) is 0 Å². The van der Waals surface area contributed by atoms with E-state index < -0.39 is 16.1 Å². The monoisotopic (exact) mass is 396 g/mol. The maximum Gasteiger partial charge on any atom is 0.323 e. The number of rotatable bonds is 4. The minimum Gasteiger partial charge on any atom is -0.314 e. The summed E-state index contributed by atoms with van der Waals surface area (Å²) in [7, 11) is -4.24. The highest BCUT2D eigenvalue weighted by molar-refractivity contribution is 9.10. The molecule has 0 aliphatic heterocycles. The third kappa shape index (κ3) is 5.51. The van der Waals surface area contributed by atoms with E-state index in [-0.39, 0.29) is 4.90 Å². The van der Waals surface area contributed by atoms with Gasteiger partial charge in [-0.1, -0.05) is 28.1 Å². The first kappa shape index (κ1) is 17.2. The molecule has 0 atom stereocenters. The molecule has 120 valence electrons. The maximum absolute atomic E-state index is 11.7. The molecule has 3 N–H and O–H groups in total. The molecule has 0 unspecified atom stereocenters. The van der Waals surface area contributed by atoms with Crippen LogP contribution in [-0.2, 0) is 10.1 Å². The molecule has 6 nitrogen and oxygen atoms in total. The molecule has 0 fully saturated rings. The Morgan fingerprint density at radius 1 is 1.13 bits per heavy atom. The summed E-state index contributed by atoms with van der Waals surface area (Å²) in [5.41, 5.74) is 1.31. The zero-order valence-electron chi connectivity index (χ0n) is 11.7. The van der Waals surface area contributed by atoms with E-state index in [4.69, 9.17) is 4.55 Å². The lowest BCUT2D eigenvalue weighted by Crippen LogP contribution is -2.23. The zero-order chi connectivity index (χ0) is 16.9.